The lowest BCUT2D eigenvalue weighted by Crippen LogP contribution is -2.50. The first-order valence-electron chi connectivity index (χ1n) is 7.51. The molecular weight excluding hydrogens is 226 g/mol. The zero-order valence-electron chi connectivity index (χ0n) is 11.8. The van der Waals surface area contributed by atoms with Gasteiger partial charge in [0.1, 0.15) is 0 Å². The van der Waals surface area contributed by atoms with Gasteiger partial charge in [0.2, 0.25) is 0 Å². The van der Waals surface area contributed by atoms with Crippen molar-refractivity contribution in [2.75, 3.05) is 13.7 Å². The van der Waals surface area contributed by atoms with Gasteiger partial charge in [0, 0.05) is 5.54 Å². The summed E-state index contributed by atoms with van der Waals surface area (Å²) in [5.74, 6) is 1.73. The van der Waals surface area contributed by atoms with Crippen molar-refractivity contribution in [2.45, 2.75) is 63.8 Å². The summed E-state index contributed by atoms with van der Waals surface area (Å²) in [6, 6.07) is 0. The van der Waals surface area contributed by atoms with Gasteiger partial charge in [-0.25, -0.2) is 0 Å². The fourth-order valence-corrected chi connectivity index (χ4v) is 3.50. The fraction of sp³-hybridized carbons (Fsp3) is 0.933. The van der Waals surface area contributed by atoms with Crippen LogP contribution < -0.4 is 5.32 Å². The van der Waals surface area contributed by atoms with Gasteiger partial charge in [-0.2, -0.15) is 0 Å². The van der Waals surface area contributed by atoms with E-state index in [4.69, 9.17) is 4.74 Å². The van der Waals surface area contributed by atoms with E-state index < -0.39 is 0 Å². The van der Waals surface area contributed by atoms with E-state index in [9.17, 15) is 4.79 Å². The number of carbonyl (C=O) groups excluding carboxylic acids is 1. The molecule has 0 aromatic carbocycles. The maximum atomic E-state index is 11.7. The molecule has 104 valence electrons. The van der Waals surface area contributed by atoms with Crippen molar-refractivity contribution in [2.24, 2.45) is 11.8 Å². The lowest BCUT2D eigenvalue weighted by Gasteiger charge is -2.41. The quantitative estimate of drug-likeness (QED) is 0.740. The van der Waals surface area contributed by atoms with Crippen molar-refractivity contribution in [1.29, 1.82) is 0 Å². The molecule has 0 amide bonds. The van der Waals surface area contributed by atoms with Crippen LogP contribution in [0.3, 0.4) is 0 Å². The van der Waals surface area contributed by atoms with Crippen molar-refractivity contribution in [3.8, 4) is 0 Å². The maximum absolute atomic E-state index is 11.7. The predicted octanol–water partition coefficient (Wildman–Crippen LogP) is 2.89. The van der Waals surface area contributed by atoms with Crippen LogP contribution in [-0.2, 0) is 9.53 Å². The summed E-state index contributed by atoms with van der Waals surface area (Å²) >= 11 is 0. The number of esters is 1. The van der Waals surface area contributed by atoms with E-state index in [1.165, 1.54) is 39.2 Å². The molecule has 0 spiro atoms. The normalized spacial score (nSPS) is 32.2. The van der Waals surface area contributed by atoms with Crippen LogP contribution in [0, 0.1) is 11.8 Å². The third-order valence-corrected chi connectivity index (χ3v) is 4.63. The Morgan fingerprint density at radius 2 is 2.11 bits per heavy atom. The van der Waals surface area contributed by atoms with Crippen LogP contribution in [0.15, 0.2) is 0 Å². The smallest absolute Gasteiger partial charge is 0.307 e. The molecule has 2 saturated carbocycles. The molecule has 2 fully saturated rings. The molecule has 0 aliphatic heterocycles. The van der Waals surface area contributed by atoms with Gasteiger partial charge < -0.3 is 10.1 Å². The lowest BCUT2D eigenvalue weighted by atomic mass is 9.72. The zero-order chi connectivity index (χ0) is 13.0. The number of carbonyl (C=O) groups is 1. The number of nitrogens with one attached hydrogen (secondary N) is 1. The lowest BCUT2D eigenvalue weighted by molar-refractivity contribution is -0.143. The standard InChI is InChI=1S/C15H27NO2/c1-3-9-16-15(11-14(17)18-2)8-4-5-13(10-15)12-6-7-12/h12-13,16H,3-11H2,1-2H3. The Labute approximate surface area is 111 Å². The van der Waals surface area contributed by atoms with Crippen LogP contribution in [-0.4, -0.2) is 25.2 Å². The van der Waals surface area contributed by atoms with E-state index >= 15 is 0 Å². The third-order valence-electron chi connectivity index (χ3n) is 4.63. The number of hydrogen-bond donors (Lipinski definition) is 1. The van der Waals surface area contributed by atoms with Crippen LogP contribution in [0.25, 0.3) is 0 Å². The minimum atomic E-state index is -0.0601. The van der Waals surface area contributed by atoms with Crippen LogP contribution in [0.4, 0.5) is 0 Å². The minimum Gasteiger partial charge on any atom is -0.469 e. The average Bonchev–Trinajstić information content (AvgIpc) is 3.21. The summed E-state index contributed by atoms with van der Waals surface area (Å²) in [5.41, 5.74) is 0.0224. The third kappa shape index (κ3) is 3.47. The van der Waals surface area contributed by atoms with Gasteiger partial charge in [-0.1, -0.05) is 19.8 Å². The first-order chi connectivity index (χ1) is 8.69. The molecule has 0 radical (unpaired) electrons. The Morgan fingerprint density at radius 1 is 1.33 bits per heavy atom. The van der Waals surface area contributed by atoms with Crippen LogP contribution >= 0.6 is 0 Å². The van der Waals surface area contributed by atoms with Crippen molar-refractivity contribution in [1.82, 2.24) is 5.32 Å². The van der Waals surface area contributed by atoms with E-state index in [1.807, 2.05) is 0 Å². The van der Waals surface area contributed by atoms with Gasteiger partial charge in [0.15, 0.2) is 0 Å². The number of ether oxygens (including phenoxy) is 1. The number of methoxy groups -OCH3 is 1. The second kappa shape index (κ2) is 6.05. The molecule has 2 aliphatic carbocycles. The molecule has 0 bridgehead atoms. The molecule has 3 nitrogen and oxygen atoms in total. The maximum Gasteiger partial charge on any atom is 0.307 e. The molecule has 18 heavy (non-hydrogen) atoms. The molecule has 0 aromatic rings. The second-order valence-electron chi connectivity index (χ2n) is 6.15. The van der Waals surface area contributed by atoms with Gasteiger partial charge in [-0.3, -0.25) is 4.79 Å². The zero-order valence-corrected chi connectivity index (χ0v) is 11.8. The molecule has 1 N–H and O–H groups in total. The van der Waals surface area contributed by atoms with Crippen LogP contribution in [0.1, 0.15) is 58.3 Å². The van der Waals surface area contributed by atoms with E-state index in [0.29, 0.717) is 6.42 Å². The topological polar surface area (TPSA) is 38.3 Å². The highest BCUT2D eigenvalue weighted by molar-refractivity contribution is 5.70. The predicted molar refractivity (Wildman–Crippen MR) is 72.3 cm³/mol. The Hall–Kier alpha value is -0.570. The van der Waals surface area contributed by atoms with E-state index in [2.05, 4.69) is 12.2 Å². The van der Waals surface area contributed by atoms with Gasteiger partial charge in [0.25, 0.3) is 0 Å². The number of rotatable bonds is 6. The highest BCUT2D eigenvalue weighted by Crippen LogP contribution is 2.47. The van der Waals surface area contributed by atoms with Crippen LogP contribution in [0.5, 0.6) is 0 Å². The molecule has 2 atom stereocenters. The van der Waals surface area contributed by atoms with Crippen molar-refractivity contribution in [3.05, 3.63) is 0 Å². The van der Waals surface area contributed by atoms with E-state index in [0.717, 1.165) is 31.2 Å². The number of hydrogen-bond acceptors (Lipinski definition) is 3. The van der Waals surface area contributed by atoms with Crippen LogP contribution in [0.2, 0.25) is 0 Å². The molecule has 0 saturated heterocycles. The van der Waals surface area contributed by atoms with E-state index in [1.54, 1.807) is 0 Å². The monoisotopic (exact) mass is 253 g/mol. The van der Waals surface area contributed by atoms with Gasteiger partial charge in [-0.15, -0.1) is 0 Å². The van der Waals surface area contributed by atoms with Gasteiger partial charge in [0.05, 0.1) is 13.5 Å². The fourth-order valence-electron chi connectivity index (χ4n) is 3.50. The molecule has 0 heterocycles. The summed E-state index contributed by atoms with van der Waals surface area (Å²) in [5, 5.41) is 3.66. The first-order valence-corrected chi connectivity index (χ1v) is 7.51. The SMILES string of the molecule is CCCNC1(CC(=O)OC)CCCC(C2CC2)C1. The molecule has 2 unspecified atom stereocenters. The molecule has 2 rings (SSSR count). The molecular formula is C15H27NO2. The highest BCUT2D eigenvalue weighted by atomic mass is 16.5. The summed E-state index contributed by atoms with van der Waals surface area (Å²) in [6.45, 7) is 3.19. The Kier molecular flexibility index (Phi) is 4.66. The summed E-state index contributed by atoms with van der Waals surface area (Å²) in [6.07, 6.45) is 9.41. The Balaban J connectivity index is 1.99. The van der Waals surface area contributed by atoms with E-state index in [-0.39, 0.29) is 11.5 Å². The largest absolute Gasteiger partial charge is 0.469 e. The highest BCUT2D eigenvalue weighted by Gasteiger charge is 2.42. The molecule has 0 aromatic heterocycles. The average molecular weight is 253 g/mol. The Bertz CT molecular complexity index is 288. The van der Waals surface area contributed by atoms with Gasteiger partial charge in [-0.05, 0) is 50.5 Å². The Morgan fingerprint density at radius 3 is 2.72 bits per heavy atom. The van der Waals surface area contributed by atoms with Crippen molar-refractivity contribution in [3.63, 3.8) is 0 Å². The molecule has 2 aliphatic rings. The molecule has 3 heteroatoms. The van der Waals surface area contributed by atoms with Crippen molar-refractivity contribution >= 4 is 5.97 Å². The second-order valence-corrected chi connectivity index (χ2v) is 6.15. The first kappa shape index (κ1) is 13.9. The minimum absolute atomic E-state index is 0.0224. The van der Waals surface area contributed by atoms with Crippen molar-refractivity contribution < 1.29 is 9.53 Å². The van der Waals surface area contributed by atoms with Gasteiger partial charge >= 0.3 is 5.97 Å². The summed E-state index contributed by atoms with van der Waals surface area (Å²) in [4.78, 5) is 11.7. The summed E-state index contributed by atoms with van der Waals surface area (Å²) in [7, 11) is 1.50. The summed E-state index contributed by atoms with van der Waals surface area (Å²) < 4.78 is 4.89.